The second-order valence-electron chi connectivity index (χ2n) is 6.24. The predicted octanol–water partition coefficient (Wildman–Crippen LogP) is 1.59. The zero-order valence-corrected chi connectivity index (χ0v) is 13.3. The van der Waals surface area contributed by atoms with Crippen LogP contribution in [0.1, 0.15) is 22.3 Å². The van der Waals surface area contributed by atoms with Gasteiger partial charge in [-0.3, -0.25) is 19.5 Å². The molecule has 5 nitrogen and oxygen atoms in total. The molecule has 0 saturated heterocycles. The summed E-state index contributed by atoms with van der Waals surface area (Å²) in [4.78, 5) is 30.6. The van der Waals surface area contributed by atoms with E-state index in [2.05, 4.69) is 4.99 Å². The third-order valence-electron chi connectivity index (χ3n) is 4.57. The molecular formula is C19H17N3O2. The normalized spacial score (nSPS) is 18.9. The number of hydrogen-bond acceptors (Lipinski definition) is 3. The van der Waals surface area contributed by atoms with Gasteiger partial charge in [-0.25, -0.2) is 0 Å². The lowest BCUT2D eigenvalue weighted by Crippen LogP contribution is -2.46. The molecule has 0 fully saturated rings. The van der Waals surface area contributed by atoms with E-state index in [-0.39, 0.29) is 12.5 Å². The maximum Gasteiger partial charge on any atom is 0.249 e. The molecule has 2 amide bonds. The molecule has 0 saturated carbocycles. The highest BCUT2D eigenvalue weighted by Gasteiger charge is 2.40. The molecule has 2 heterocycles. The van der Waals surface area contributed by atoms with Crippen LogP contribution in [0.3, 0.4) is 0 Å². The Balaban J connectivity index is 1.97. The van der Waals surface area contributed by atoms with Crippen molar-refractivity contribution in [1.82, 2.24) is 0 Å². The van der Waals surface area contributed by atoms with E-state index in [9.17, 15) is 9.59 Å². The van der Waals surface area contributed by atoms with E-state index in [0.29, 0.717) is 6.42 Å². The number of nitrogens with two attached hydrogens (primary N) is 1. The Morgan fingerprint density at radius 3 is 2.71 bits per heavy atom. The summed E-state index contributed by atoms with van der Waals surface area (Å²) in [5.74, 6) is -0.667. The lowest BCUT2D eigenvalue weighted by atomic mass is 9.96. The highest BCUT2D eigenvalue weighted by atomic mass is 16.2. The molecule has 0 spiro atoms. The SMILES string of the molecule is Cc1cc2c3c(c1)C(c1ccccc1)=NCC(=O)N3[C@H](C(N)=O)C2. The lowest BCUT2D eigenvalue weighted by Gasteiger charge is -2.23. The van der Waals surface area contributed by atoms with Crippen molar-refractivity contribution in [1.29, 1.82) is 0 Å². The number of anilines is 1. The van der Waals surface area contributed by atoms with Crippen molar-refractivity contribution < 1.29 is 9.59 Å². The van der Waals surface area contributed by atoms with Crippen molar-refractivity contribution in [2.24, 2.45) is 10.7 Å². The number of aliphatic imine (C=N–C) groups is 1. The molecule has 5 heteroatoms. The highest BCUT2D eigenvalue weighted by Crippen LogP contribution is 2.39. The molecule has 2 N–H and O–H groups in total. The molecule has 4 rings (SSSR count). The maximum atomic E-state index is 12.6. The molecule has 2 aliphatic heterocycles. The number of amides is 2. The maximum absolute atomic E-state index is 12.6. The Morgan fingerprint density at radius 1 is 1.25 bits per heavy atom. The fraction of sp³-hybridized carbons (Fsp3) is 0.211. The average Bonchev–Trinajstić information content (AvgIpc) is 2.88. The van der Waals surface area contributed by atoms with Gasteiger partial charge in [-0.2, -0.15) is 0 Å². The fourth-order valence-electron chi connectivity index (χ4n) is 3.61. The molecular weight excluding hydrogens is 302 g/mol. The fourth-order valence-corrected chi connectivity index (χ4v) is 3.61. The third-order valence-corrected chi connectivity index (χ3v) is 4.57. The smallest absolute Gasteiger partial charge is 0.249 e. The number of benzene rings is 2. The van der Waals surface area contributed by atoms with Gasteiger partial charge in [0.05, 0.1) is 11.4 Å². The van der Waals surface area contributed by atoms with E-state index in [1.165, 1.54) is 0 Å². The van der Waals surface area contributed by atoms with Crippen LogP contribution in [0.4, 0.5) is 5.69 Å². The van der Waals surface area contributed by atoms with Gasteiger partial charge in [0.2, 0.25) is 11.8 Å². The van der Waals surface area contributed by atoms with Crippen molar-refractivity contribution >= 4 is 23.2 Å². The Morgan fingerprint density at radius 2 is 2.00 bits per heavy atom. The quantitative estimate of drug-likeness (QED) is 0.912. The number of carbonyl (C=O) groups excluding carboxylic acids is 2. The summed E-state index contributed by atoms with van der Waals surface area (Å²) in [6.07, 6.45) is 0.465. The third kappa shape index (κ3) is 2.12. The van der Waals surface area contributed by atoms with E-state index >= 15 is 0 Å². The second kappa shape index (κ2) is 5.30. The largest absolute Gasteiger partial charge is 0.368 e. The molecule has 1 atom stereocenters. The van der Waals surface area contributed by atoms with Gasteiger partial charge in [0.25, 0.3) is 0 Å². The molecule has 0 radical (unpaired) electrons. The summed E-state index contributed by atoms with van der Waals surface area (Å²) in [6.45, 7) is 2.02. The first kappa shape index (κ1) is 14.6. The van der Waals surface area contributed by atoms with Crippen molar-refractivity contribution in [3.63, 3.8) is 0 Å². The van der Waals surface area contributed by atoms with Crippen molar-refractivity contribution in [2.75, 3.05) is 11.4 Å². The first-order valence-corrected chi connectivity index (χ1v) is 7.91. The highest BCUT2D eigenvalue weighted by molar-refractivity contribution is 6.21. The average molecular weight is 319 g/mol. The zero-order chi connectivity index (χ0) is 16.8. The van der Waals surface area contributed by atoms with Gasteiger partial charge in [0.1, 0.15) is 12.6 Å². The first-order chi connectivity index (χ1) is 11.6. The van der Waals surface area contributed by atoms with Crippen LogP contribution in [0.5, 0.6) is 0 Å². The van der Waals surface area contributed by atoms with Crippen LogP contribution in [-0.4, -0.2) is 30.1 Å². The van der Waals surface area contributed by atoms with Gasteiger partial charge in [-0.1, -0.05) is 42.0 Å². The predicted molar refractivity (Wildman–Crippen MR) is 92.3 cm³/mol. The van der Waals surface area contributed by atoms with Gasteiger partial charge in [-0.05, 0) is 18.6 Å². The van der Waals surface area contributed by atoms with Crippen LogP contribution in [0.15, 0.2) is 47.5 Å². The van der Waals surface area contributed by atoms with Crippen molar-refractivity contribution in [3.8, 4) is 0 Å². The van der Waals surface area contributed by atoms with E-state index in [0.717, 1.165) is 33.7 Å². The monoisotopic (exact) mass is 319 g/mol. The summed E-state index contributed by atoms with van der Waals surface area (Å²) in [6, 6.07) is 13.2. The number of hydrogen-bond donors (Lipinski definition) is 1. The Labute approximate surface area is 139 Å². The topological polar surface area (TPSA) is 75.8 Å². The second-order valence-corrected chi connectivity index (χ2v) is 6.24. The molecule has 0 unspecified atom stereocenters. The summed E-state index contributed by atoms with van der Waals surface area (Å²) in [5.41, 5.74) is 11.0. The van der Waals surface area contributed by atoms with Gasteiger partial charge in [0, 0.05) is 17.5 Å². The van der Waals surface area contributed by atoms with Crippen LogP contribution in [0.2, 0.25) is 0 Å². The Kier molecular flexibility index (Phi) is 3.23. The van der Waals surface area contributed by atoms with Gasteiger partial charge in [0.15, 0.2) is 0 Å². The minimum absolute atomic E-state index is 0.0151. The van der Waals surface area contributed by atoms with Crippen molar-refractivity contribution in [2.45, 2.75) is 19.4 Å². The van der Waals surface area contributed by atoms with Gasteiger partial charge in [-0.15, -0.1) is 0 Å². The van der Waals surface area contributed by atoms with Crippen LogP contribution in [0.25, 0.3) is 0 Å². The minimum atomic E-state index is -0.627. The lowest BCUT2D eigenvalue weighted by molar-refractivity contribution is -0.123. The zero-order valence-electron chi connectivity index (χ0n) is 13.3. The van der Waals surface area contributed by atoms with Crippen LogP contribution < -0.4 is 10.6 Å². The molecule has 24 heavy (non-hydrogen) atoms. The molecule has 2 aromatic rings. The van der Waals surface area contributed by atoms with Crippen LogP contribution >= 0.6 is 0 Å². The number of carbonyl (C=O) groups is 2. The molecule has 0 aromatic heterocycles. The van der Waals surface area contributed by atoms with E-state index < -0.39 is 11.9 Å². The van der Waals surface area contributed by atoms with Gasteiger partial charge < -0.3 is 5.73 Å². The number of rotatable bonds is 2. The van der Waals surface area contributed by atoms with E-state index in [1.54, 1.807) is 4.90 Å². The first-order valence-electron chi connectivity index (χ1n) is 7.91. The minimum Gasteiger partial charge on any atom is -0.368 e. The molecule has 2 aromatic carbocycles. The van der Waals surface area contributed by atoms with Crippen LogP contribution in [-0.2, 0) is 16.0 Å². The van der Waals surface area contributed by atoms with Crippen molar-refractivity contribution in [3.05, 3.63) is 64.7 Å². The summed E-state index contributed by atoms with van der Waals surface area (Å²) in [5, 5.41) is 0. The standard InChI is InChI=1S/C19H17N3O2/c1-11-7-13-9-15(19(20)24)22-16(23)10-21-17(14(8-11)18(13)22)12-5-3-2-4-6-12/h2-8,15H,9-10H2,1H3,(H2,20,24)/t15-/m0/s1. The van der Waals surface area contributed by atoms with E-state index in [4.69, 9.17) is 5.73 Å². The number of primary amides is 1. The molecule has 2 aliphatic rings. The van der Waals surface area contributed by atoms with Crippen LogP contribution in [0, 0.1) is 6.92 Å². The Bertz CT molecular complexity index is 887. The van der Waals surface area contributed by atoms with Gasteiger partial charge >= 0.3 is 0 Å². The number of nitrogens with zero attached hydrogens (tertiary/aromatic N) is 2. The van der Waals surface area contributed by atoms with E-state index in [1.807, 2.05) is 49.4 Å². The summed E-state index contributed by atoms with van der Waals surface area (Å²) < 4.78 is 0. The Hall–Kier alpha value is -2.95. The molecule has 0 bridgehead atoms. The summed E-state index contributed by atoms with van der Waals surface area (Å²) in [7, 11) is 0. The summed E-state index contributed by atoms with van der Waals surface area (Å²) >= 11 is 0. The molecule has 0 aliphatic carbocycles. The number of aryl methyl sites for hydroxylation is 1. The molecule has 120 valence electrons.